The van der Waals surface area contributed by atoms with E-state index in [0.717, 1.165) is 12.1 Å². The van der Waals surface area contributed by atoms with Crippen molar-refractivity contribution in [3.8, 4) is 0 Å². The molecule has 1 heterocycles. The first-order valence-corrected chi connectivity index (χ1v) is 7.01. The van der Waals surface area contributed by atoms with Crippen LogP contribution < -0.4 is 10.5 Å². The molecule has 0 aliphatic heterocycles. The number of benzene rings is 1. The van der Waals surface area contributed by atoms with Crippen molar-refractivity contribution in [3.05, 3.63) is 45.9 Å². The van der Waals surface area contributed by atoms with Gasteiger partial charge in [0, 0.05) is 12.1 Å². The quantitative estimate of drug-likeness (QED) is 0.542. The summed E-state index contributed by atoms with van der Waals surface area (Å²) in [6.07, 6.45) is 1.32. The summed E-state index contributed by atoms with van der Waals surface area (Å²) in [6.45, 7) is -0.209. The van der Waals surface area contributed by atoms with Crippen LogP contribution in [0, 0.1) is 15.9 Å². The number of aromatic amines is 1. The minimum atomic E-state index is -4.20. The molecular formula is C10H10FN5O4S. The zero-order valence-corrected chi connectivity index (χ0v) is 11.2. The molecule has 0 radical (unpaired) electrons. The van der Waals surface area contributed by atoms with E-state index in [-0.39, 0.29) is 12.4 Å². The fourth-order valence-electron chi connectivity index (χ4n) is 1.57. The standard InChI is InChI=1S/C10H10FN5O4S/c11-7-1-2-9(8(3-7)16(17)18)21(19,20)14-5-6-4-13-15-10(6)12/h1-4,14H,5H2,(H3,12,13,15). The maximum Gasteiger partial charge on any atom is 0.292 e. The van der Waals surface area contributed by atoms with E-state index in [9.17, 15) is 22.9 Å². The van der Waals surface area contributed by atoms with Crippen LogP contribution >= 0.6 is 0 Å². The van der Waals surface area contributed by atoms with Crippen LogP contribution in [0.1, 0.15) is 5.56 Å². The number of hydrogen-bond donors (Lipinski definition) is 3. The molecule has 1 aromatic heterocycles. The Morgan fingerprint density at radius 2 is 2.19 bits per heavy atom. The molecule has 9 nitrogen and oxygen atoms in total. The van der Waals surface area contributed by atoms with E-state index in [0.29, 0.717) is 11.6 Å². The van der Waals surface area contributed by atoms with Crippen molar-refractivity contribution in [3.63, 3.8) is 0 Å². The molecule has 4 N–H and O–H groups in total. The molecule has 11 heteroatoms. The van der Waals surface area contributed by atoms with Gasteiger partial charge in [-0.25, -0.2) is 17.5 Å². The first kappa shape index (κ1) is 14.9. The number of nitrogens with one attached hydrogen (secondary N) is 2. The number of halogens is 1. The smallest absolute Gasteiger partial charge is 0.292 e. The number of rotatable bonds is 5. The summed E-state index contributed by atoms with van der Waals surface area (Å²) in [6, 6.07) is 2.20. The number of nitrogens with two attached hydrogens (primary N) is 1. The van der Waals surface area contributed by atoms with Gasteiger partial charge in [-0.1, -0.05) is 0 Å². The number of nitro groups is 1. The van der Waals surface area contributed by atoms with Crippen LogP contribution in [0.25, 0.3) is 0 Å². The Morgan fingerprint density at radius 3 is 2.76 bits per heavy atom. The highest BCUT2D eigenvalue weighted by atomic mass is 32.2. The number of nitrogens with zero attached hydrogens (tertiary/aromatic N) is 2. The number of aromatic nitrogens is 2. The molecule has 0 unspecified atom stereocenters. The minimum absolute atomic E-state index is 0.173. The van der Waals surface area contributed by atoms with E-state index < -0.39 is 31.3 Å². The summed E-state index contributed by atoms with van der Waals surface area (Å²) >= 11 is 0. The lowest BCUT2D eigenvalue weighted by molar-refractivity contribution is -0.388. The predicted molar refractivity (Wildman–Crippen MR) is 70.1 cm³/mol. The molecule has 2 aromatic rings. The van der Waals surface area contributed by atoms with E-state index in [1.165, 1.54) is 6.20 Å². The molecule has 21 heavy (non-hydrogen) atoms. The van der Waals surface area contributed by atoms with Crippen LogP contribution in [-0.4, -0.2) is 23.5 Å². The molecule has 0 amide bonds. The lowest BCUT2D eigenvalue weighted by Crippen LogP contribution is -2.24. The van der Waals surface area contributed by atoms with Gasteiger partial charge in [-0.2, -0.15) is 5.10 Å². The molecule has 0 aliphatic carbocycles. The highest BCUT2D eigenvalue weighted by molar-refractivity contribution is 7.89. The Bertz CT molecular complexity index is 788. The number of nitro benzene ring substituents is 1. The zero-order chi connectivity index (χ0) is 15.6. The topological polar surface area (TPSA) is 144 Å². The third-order valence-corrected chi connectivity index (χ3v) is 4.06. The van der Waals surface area contributed by atoms with Gasteiger partial charge in [0.05, 0.1) is 17.2 Å². The van der Waals surface area contributed by atoms with Gasteiger partial charge in [0.25, 0.3) is 5.69 Å². The average molecular weight is 315 g/mol. The van der Waals surface area contributed by atoms with Crippen LogP contribution in [0.3, 0.4) is 0 Å². The molecule has 0 saturated carbocycles. The van der Waals surface area contributed by atoms with E-state index in [2.05, 4.69) is 14.9 Å². The summed E-state index contributed by atoms with van der Waals surface area (Å²) in [4.78, 5) is 9.22. The second-order valence-electron chi connectivity index (χ2n) is 4.00. The number of nitrogen functional groups attached to an aromatic ring is 1. The molecule has 0 spiro atoms. The van der Waals surface area contributed by atoms with E-state index >= 15 is 0 Å². The van der Waals surface area contributed by atoms with Crippen molar-refractivity contribution in [1.29, 1.82) is 0 Å². The largest absolute Gasteiger partial charge is 0.384 e. The van der Waals surface area contributed by atoms with Gasteiger partial charge in [0.2, 0.25) is 10.0 Å². The van der Waals surface area contributed by atoms with Crippen LogP contribution in [-0.2, 0) is 16.6 Å². The first-order valence-electron chi connectivity index (χ1n) is 5.52. The zero-order valence-electron chi connectivity index (χ0n) is 10.4. The van der Waals surface area contributed by atoms with E-state index in [1.54, 1.807) is 0 Å². The highest BCUT2D eigenvalue weighted by Gasteiger charge is 2.26. The number of hydrogen-bond acceptors (Lipinski definition) is 6. The van der Waals surface area contributed by atoms with Gasteiger partial charge >= 0.3 is 0 Å². The van der Waals surface area contributed by atoms with Crippen molar-refractivity contribution < 1.29 is 17.7 Å². The monoisotopic (exact) mass is 315 g/mol. The molecule has 112 valence electrons. The molecule has 2 rings (SSSR count). The molecule has 0 fully saturated rings. The summed E-state index contributed by atoms with van der Waals surface area (Å²) in [7, 11) is -4.20. The molecule has 0 bridgehead atoms. The number of anilines is 1. The molecule has 0 atom stereocenters. The fraction of sp³-hybridized carbons (Fsp3) is 0.100. The Morgan fingerprint density at radius 1 is 1.48 bits per heavy atom. The van der Waals surface area contributed by atoms with Crippen molar-refractivity contribution in [2.75, 3.05) is 5.73 Å². The summed E-state index contributed by atoms with van der Waals surface area (Å²) in [5, 5.41) is 16.8. The Kier molecular flexibility index (Phi) is 3.86. The maximum atomic E-state index is 13.0. The number of sulfonamides is 1. The van der Waals surface area contributed by atoms with Gasteiger partial charge < -0.3 is 5.73 Å². The van der Waals surface area contributed by atoms with Gasteiger partial charge in [-0.3, -0.25) is 15.2 Å². The van der Waals surface area contributed by atoms with Crippen molar-refractivity contribution in [2.24, 2.45) is 0 Å². The molecule has 1 aromatic carbocycles. The van der Waals surface area contributed by atoms with Crippen molar-refractivity contribution >= 4 is 21.5 Å². The van der Waals surface area contributed by atoms with Gasteiger partial charge in [-0.15, -0.1) is 0 Å². The van der Waals surface area contributed by atoms with Crippen LogP contribution in [0.15, 0.2) is 29.3 Å². The van der Waals surface area contributed by atoms with E-state index in [1.807, 2.05) is 0 Å². The summed E-state index contributed by atoms with van der Waals surface area (Å²) < 4.78 is 39.3. The van der Waals surface area contributed by atoms with Crippen molar-refractivity contribution in [1.82, 2.24) is 14.9 Å². The minimum Gasteiger partial charge on any atom is -0.384 e. The SMILES string of the molecule is Nc1[nH]ncc1CNS(=O)(=O)c1ccc(F)cc1[N+](=O)[O-]. The predicted octanol–water partition coefficient (Wildman–Crippen LogP) is 0.518. The van der Waals surface area contributed by atoms with Crippen LogP contribution in [0.2, 0.25) is 0 Å². The third kappa shape index (κ3) is 3.14. The Balaban J connectivity index is 2.32. The normalized spacial score (nSPS) is 11.5. The molecular weight excluding hydrogens is 305 g/mol. The second kappa shape index (κ2) is 5.46. The summed E-state index contributed by atoms with van der Waals surface area (Å²) in [5.74, 6) is -0.731. The van der Waals surface area contributed by atoms with Gasteiger partial charge in [-0.05, 0) is 12.1 Å². The van der Waals surface area contributed by atoms with Crippen molar-refractivity contribution in [2.45, 2.75) is 11.4 Å². The highest BCUT2D eigenvalue weighted by Crippen LogP contribution is 2.24. The Hall–Kier alpha value is -2.53. The van der Waals surface area contributed by atoms with Crippen LogP contribution in [0.4, 0.5) is 15.9 Å². The second-order valence-corrected chi connectivity index (χ2v) is 5.74. The first-order chi connectivity index (χ1) is 9.81. The maximum absolute atomic E-state index is 13.0. The lowest BCUT2D eigenvalue weighted by atomic mass is 10.3. The van der Waals surface area contributed by atoms with E-state index in [4.69, 9.17) is 5.73 Å². The number of H-pyrrole nitrogens is 1. The average Bonchev–Trinajstić information content (AvgIpc) is 2.81. The van der Waals surface area contributed by atoms with Gasteiger partial charge in [0.15, 0.2) is 4.90 Å². The van der Waals surface area contributed by atoms with Crippen LogP contribution in [0.5, 0.6) is 0 Å². The fourth-order valence-corrected chi connectivity index (χ4v) is 2.73. The molecule has 0 saturated heterocycles. The van der Waals surface area contributed by atoms with Gasteiger partial charge in [0.1, 0.15) is 11.6 Å². The molecule has 0 aliphatic rings. The third-order valence-electron chi connectivity index (χ3n) is 2.61. The lowest BCUT2D eigenvalue weighted by Gasteiger charge is -2.06. The summed E-state index contributed by atoms with van der Waals surface area (Å²) in [5.41, 5.74) is 5.03. The Labute approximate surface area is 118 Å².